The smallest absolute Gasteiger partial charge is 0.418 e. The number of piperidine rings is 1. The summed E-state index contributed by atoms with van der Waals surface area (Å²) >= 11 is 0. The molecule has 1 aliphatic heterocycles. The number of fused-ring (bicyclic) bond motifs is 1. The van der Waals surface area contributed by atoms with Crippen LogP contribution in [0.25, 0.3) is 10.9 Å². The number of rotatable bonds is 5. The summed E-state index contributed by atoms with van der Waals surface area (Å²) in [6, 6.07) is 3.76. The number of pyridine rings is 1. The summed E-state index contributed by atoms with van der Waals surface area (Å²) in [6.07, 6.45) is -5.92. The third kappa shape index (κ3) is 4.69. The number of halogens is 6. The van der Waals surface area contributed by atoms with E-state index in [1.807, 2.05) is 0 Å². The van der Waals surface area contributed by atoms with Gasteiger partial charge in [-0.2, -0.15) is 17.6 Å². The van der Waals surface area contributed by atoms with E-state index in [0.717, 1.165) is 22.9 Å². The molecule has 0 aliphatic carbocycles. The Kier molecular flexibility index (Phi) is 6.23. The third-order valence-corrected chi connectivity index (χ3v) is 5.92. The number of aryl methyl sites for hydroxylation is 1. The highest BCUT2D eigenvalue weighted by Crippen LogP contribution is 2.39. The Labute approximate surface area is 190 Å². The molecule has 1 aromatic carbocycles. The summed E-state index contributed by atoms with van der Waals surface area (Å²) < 4.78 is 86.9. The third-order valence-electron chi connectivity index (χ3n) is 5.92. The molecule has 1 aliphatic rings. The van der Waals surface area contributed by atoms with E-state index in [4.69, 9.17) is 4.74 Å². The van der Waals surface area contributed by atoms with Crippen LogP contribution in [0.1, 0.15) is 43.0 Å². The average molecular weight is 488 g/mol. The van der Waals surface area contributed by atoms with Crippen LogP contribution < -0.4 is 10.1 Å². The van der Waals surface area contributed by atoms with Gasteiger partial charge in [0.1, 0.15) is 18.1 Å². The van der Waals surface area contributed by atoms with Gasteiger partial charge in [-0.25, -0.2) is 8.78 Å². The SMILES string of the molecule is C[C@H]1C[C@@](O)(c2ccc(C(F)F)nc2)C[C@@H](COc2cc(C(F)(F)F)c3c(c2)c(F)nn3C)N1. The summed E-state index contributed by atoms with van der Waals surface area (Å²) in [5, 5.41) is 17.5. The van der Waals surface area contributed by atoms with E-state index in [1.54, 1.807) is 6.92 Å². The van der Waals surface area contributed by atoms with E-state index in [-0.39, 0.29) is 36.6 Å². The van der Waals surface area contributed by atoms with E-state index in [1.165, 1.54) is 19.3 Å². The van der Waals surface area contributed by atoms with E-state index in [0.29, 0.717) is 5.56 Å². The first-order valence-corrected chi connectivity index (χ1v) is 10.5. The van der Waals surface area contributed by atoms with Gasteiger partial charge in [-0.3, -0.25) is 9.67 Å². The molecule has 2 N–H and O–H groups in total. The van der Waals surface area contributed by atoms with Gasteiger partial charge in [0.05, 0.1) is 22.1 Å². The van der Waals surface area contributed by atoms with Gasteiger partial charge in [-0.05, 0) is 38.0 Å². The Balaban J connectivity index is 1.56. The molecule has 4 rings (SSSR count). The second-order valence-electron chi connectivity index (χ2n) is 8.57. The standard InChI is InChI=1S/C22H22F6N4O2/c1-11-7-21(33,12-3-4-17(19(23)24)29-9-12)8-13(30-11)10-34-14-5-15-18(32(2)31-20(15)25)16(6-14)22(26,27)28/h3-6,9,11,13,19,30,33H,7-8,10H2,1-2H3/t11-,13-,21-/m0/s1. The van der Waals surface area contributed by atoms with Crippen molar-refractivity contribution in [2.45, 2.75) is 50.1 Å². The predicted molar refractivity (Wildman–Crippen MR) is 110 cm³/mol. The quantitative estimate of drug-likeness (QED) is 0.519. The minimum absolute atomic E-state index is 0.0999. The van der Waals surface area contributed by atoms with Crippen LogP contribution in [-0.4, -0.2) is 38.6 Å². The number of nitrogens with zero attached hydrogens (tertiary/aromatic N) is 3. The molecule has 0 saturated carbocycles. The van der Waals surface area contributed by atoms with Crippen LogP contribution in [0.4, 0.5) is 26.3 Å². The van der Waals surface area contributed by atoms with Crippen molar-refractivity contribution in [3.05, 3.63) is 53.2 Å². The monoisotopic (exact) mass is 488 g/mol. The normalized spacial score (nSPS) is 23.6. The topological polar surface area (TPSA) is 72.2 Å². The Morgan fingerprint density at radius 3 is 2.62 bits per heavy atom. The minimum Gasteiger partial charge on any atom is -0.492 e. The van der Waals surface area contributed by atoms with Gasteiger partial charge in [0.15, 0.2) is 0 Å². The number of hydrogen-bond acceptors (Lipinski definition) is 5. The highest BCUT2D eigenvalue weighted by Gasteiger charge is 2.40. The molecule has 0 unspecified atom stereocenters. The fraction of sp³-hybridized carbons (Fsp3) is 0.455. The van der Waals surface area contributed by atoms with Crippen molar-refractivity contribution in [1.82, 2.24) is 20.1 Å². The molecular weight excluding hydrogens is 466 g/mol. The molecule has 3 atom stereocenters. The summed E-state index contributed by atoms with van der Waals surface area (Å²) in [5.41, 5.74) is -2.93. The van der Waals surface area contributed by atoms with Crippen LogP contribution in [0, 0.1) is 5.95 Å². The Bertz CT molecular complexity index is 1180. The molecule has 2 aromatic heterocycles. The van der Waals surface area contributed by atoms with Crippen LogP contribution in [0.5, 0.6) is 5.75 Å². The van der Waals surface area contributed by atoms with Crippen molar-refractivity contribution < 1.29 is 36.2 Å². The van der Waals surface area contributed by atoms with Gasteiger partial charge < -0.3 is 15.2 Å². The van der Waals surface area contributed by atoms with Crippen molar-refractivity contribution in [3.63, 3.8) is 0 Å². The lowest BCUT2D eigenvalue weighted by atomic mass is 9.79. The molecule has 3 aromatic rings. The maximum Gasteiger partial charge on any atom is 0.418 e. The van der Waals surface area contributed by atoms with Crippen molar-refractivity contribution >= 4 is 10.9 Å². The molecule has 0 radical (unpaired) electrons. The zero-order chi connectivity index (χ0) is 24.8. The van der Waals surface area contributed by atoms with Crippen LogP contribution in [-0.2, 0) is 18.8 Å². The molecule has 184 valence electrons. The Morgan fingerprint density at radius 2 is 2.00 bits per heavy atom. The molecule has 0 bridgehead atoms. The highest BCUT2D eigenvalue weighted by molar-refractivity contribution is 5.84. The van der Waals surface area contributed by atoms with E-state index < -0.39 is 47.0 Å². The summed E-state index contributed by atoms with van der Waals surface area (Å²) in [7, 11) is 1.22. The number of benzene rings is 1. The van der Waals surface area contributed by atoms with Crippen LogP contribution in [0.2, 0.25) is 0 Å². The lowest BCUT2D eigenvalue weighted by molar-refractivity contribution is -0.136. The molecule has 1 fully saturated rings. The number of ether oxygens (including phenoxy) is 1. The zero-order valence-electron chi connectivity index (χ0n) is 18.2. The lowest BCUT2D eigenvalue weighted by Crippen LogP contribution is -2.53. The summed E-state index contributed by atoms with van der Waals surface area (Å²) in [5.74, 6) is -1.25. The molecule has 0 amide bonds. The van der Waals surface area contributed by atoms with Crippen molar-refractivity contribution in [2.75, 3.05) is 6.61 Å². The van der Waals surface area contributed by atoms with E-state index >= 15 is 0 Å². The number of nitrogens with one attached hydrogen (secondary N) is 1. The van der Waals surface area contributed by atoms with Crippen LogP contribution in [0.3, 0.4) is 0 Å². The molecule has 0 spiro atoms. The van der Waals surface area contributed by atoms with Gasteiger partial charge in [0.25, 0.3) is 6.43 Å². The van der Waals surface area contributed by atoms with Gasteiger partial charge >= 0.3 is 6.18 Å². The average Bonchev–Trinajstić information content (AvgIpc) is 3.04. The Morgan fingerprint density at radius 1 is 1.26 bits per heavy atom. The maximum absolute atomic E-state index is 14.1. The fourth-order valence-electron chi connectivity index (χ4n) is 4.52. The molecule has 6 nitrogen and oxygen atoms in total. The van der Waals surface area contributed by atoms with Crippen molar-refractivity contribution in [2.24, 2.45) is 7.05 Å². The second-order valence-corrected chi connectivity index (χ2v) is 8.57. The molecule has 12 heteroatoms. The van der Waals surface area contributed by atoms with Crippen molar-refractivity contribution in [1.29, 1.82) is 0 Å². The molecular formula is C22H22F6N4O2. The number of alkyl halides is 5. The molecule has 34 heavy (non-hydrogen) atoms. The number of aromatic nitrogens is 3. The zero-order valence-corrected chi connectivity index (χ0v) is 18.2. The number of hydrogen-bond donors (Lipinski definition) is 2. The first-order chi connectivity index (χ1) is 15.9. The lowest BCUT2D eigenvalue weighted by Gasteiger charge is -2.41. The van der Waals surface area contributed by atoms with Crippen LogP contribution in [0.15, 0.2) is 30.5 Å². The summed E-state index contributed by atoms with van der Waals surface area (Å²) in [4.78, 5) is 3.70. The maximum atomic E-state index is 14.1. The van der Waals surface area contributed by atoms with E-state index in [9.17, 15) is 31.4 Å². The van der Waals surface area contributed by atoms with Gasteiger partial charge in [0, 0.05) is 30.9 Å². The summed E-state index contributed by atoms with van der Waals surface area (Å²) in [6.45, 7) is 1.68. The Hall–Kier alpha value is -2.86. The minimum atomic E-state index is -4.76. The first kappa shape index (κ1) is 24.3. The number of aliphatic hydroxyl groups is 1. The molecule has 3 heterocycles. The van der Waals surface area contributed by atoms with Gasteiger partial charge in [-0.15, -0.1) is 5.10 Å². The molecule has 1 saturated heterocycles. The van der Waals surface area contributed by atoms with E-state index in [2.05, 4.69) is 15.4 Å². The largest absolute Gasteiger partial charge is 0.492 e. The van der Waals surface area contributed by atoms with Gasteiger partial charge in [0.2, 0.25) is 5.95 Å². The second kappa shape index (κ2) is 8.73. The predicted octanol–water partition coefficient (Wildman–Crippen LogP) is 4.47. The highest BCUT2D eigenvalue weighted by atomic mass is 19.4. The fourth-order valence-corrected chi connectivity index (χ4v) is 4.52. The first-order valence-electron chi connectivity index (χ1n) is 10.5. The van der Waals surface area contributed by atoms with Crippen LogP contribution >= 0.6 is 0 Å². The van der Waals surface area contributed by atoms with Gasteiger partial charge in [-0.1, -0.05) is 6.07 Å². The van der Waals surface area contributed by atoms with Crippen molar-refractivity contribution in [3.8, 4) is 5.75 Å².